The molecule has 0 saturated carbocycles. The first kappa shape index (κ1) is 21.4. The first-order chi connectivity index (χ1) is 13.3. The van der Waals surface area contributed by atoms with Crippen LogP contribution in [0.4, 0.5) is 0 Å². The van der Waals surface area contributed by atoms with Crippen LogP contribution in [0.25, 0.3) is 0 Å². The molecule has 0 amide bonds. The van der Waals surface area contributed by atoms with Gasteiger partial charge in [-0.15, -0.1) is 0 Å². The van der Waals surface area contributed by atoms with Gasteiger partial charge in [0.15, 0.2) is 0 Å². The third kappa shape index (κ3) is 4.62. The van der Waals surface area contributed by atoms with E-state index in [1.807, 2.05) is 0 Å². The first-order valence-corrected chi connectivity index (χ1v) is 10.9. The Bertz CT molecular complexity index is 970. The number of sulfonamides is 1. The van der Waals surface area contributed by atoms with Crippen molar-refractivity contribution in [1.29, 1.82) is 0 Å². The maximum absolute atomic E-state index is 12.9. The van der Waals surface area contributed by atoms with Gasteiger partial charge in [-0.05, 0) is 30.3 Å². The standard InChI is InChI=1S/C18H16Cl3NO5S/c19-14-2-1-3-15(20)13(14)11-27-18(23)12-4-5-16(21)17(10-12)28(24,25)22-6-8-26-9-7-22/h1-5,10H,6-9,11H2. The maximum atomic E-state index is 12.9. The molecule has 1 aliphatic heterocycles. The van der Waals surface area contributed by atoms with E-state index in [4.69, 9.17) is 44.3 Å². The van der Waals surface area contributed by atoms with Crippen LogP contribution in [0.5, 0.6) is 0 Å². The van der Waals surface area contributed by atoms with E-state index < -0.39 is 16.0 Å². The van der Waals surface area contributed by atoms with Gasteiger partial charge in [-0.2, -0.15) is 4.31 Å². The maximum Gasteiger partial charge on any atom is 0.338 e. The number of hydrogen-bond acceptors (Lipinski definition) is 5. The number of carbonyl (C=O) groups is 1. The summed E-state index contributed by atoms with van der Waals surface area (Å²) in [6, 6.07) is 8.91. The van der Waals surface area contributed by atoms with E-state index in [1.54, 1.807) is 18.2 Å². The van der Waals surface area contributed by atoms with Gasteiger partial charge in [0.05, 0.1) is 23.8 Å². The second-order valence-electron chi connectivity index (χ2n) is 5.94. The summed E-state index contributed by atoms with van der Waals surface area (Å²) in [6.45, 7) is 0.899. The quantitative estimate of drug-likeness (QED) is 0.625. The molecular weight excluding hydrogens is 449 g/mol. The minimum atomic E-state index is -3.86. The van der Waals surface area contributed by atoms with Gasteiger partial charge in [-0.25, -0.2) is 13.2 Å². The van der Waals surface area contributed by atoms with Gasteiger partial charge in [0.25, 0.3) is 0 Å². The number of hydrogen-bond donors (Lipinski definition) is 0. The second kappa shape index (κ2) is 8.98. The van der Waals surface area contributed by atoms with Crippen LogP contribution >= 0.6 is 34.8 Å². The van der Waals surface area contributed by atoms with Crippen LogP contribution in [0.1, 0.15) is 15.9 Å². The summed E-state index contributed by atoms with van der Waals surface area (Å²) in [5.41, 5.74) is 0.522. The summed E-state index contributed by atoms with van der Waals surface area (Å²) in [5.74, 6) is -0.717. The van der Waals surface area contributed by atoms with E-state index in [2.05, 4.69) is 0 Å². The summed E-state index contributed by atoms with van der Waals surface area (Å²) >= 11 is 18.2. The largest absolute Gasteiger partial charge is 0.457 e. The Hall–Kier alpha value is -1.35. The van der Waals surface area contributed by atoms with Crippen molar-refractivity contribution in [1.82, 2.24) is 4.31 Å². The third-order valence-corrected chi connectivity index (χ3v) is 7.25. The van der Waals surface area contributed by atoms with Crippen molar-refractivity contribution >= 4 is 50.8 Å². The van der Waals surface area contributed by atoms with Crippen LogP contribution in [-0.2, 0) is 26.1 Å². The van der Waals surface area contributed by atoms with Crippen LogP contribution in [-0.4, -0.2) is 45.0 Å². The number of carbonyl (C=O) groups excluding carboxylic acids is 1. The summed E-state index contributed by atoms with van der Waals surface area (Å²) in [4.78, 5) is 12.3. The zero-order valence-electron chi connectivity index (χ0n) is 14.5. The normalized spacial score (nSPS) is 15.4. The minimum absolute atomic E-state index is 0.0252. The molecule has 2 aromatic rings. The Kier molecular flexibility index (Phi) is 6.85. The minimum Gasteiger partial charge on any atom is -0.457 e. The molecule has 0 radical (unpaired) electrons. The van der Waals surface area contributed by atoms with Gasteiger partial charge in [0.1, 0.15) is 11.5 Å². The van der Waals surface area contributed by atoms with Crippen LogP contribution < -0.4 is 0 Å². The molecule has 0 aliphatic carbocycles. The lowest BCUT2D eigenvalue weighted by Gasteiger charge is -2.26. The number of rotatable bonds is 5. The average Bonchev–Trinajstić information content (AvgIpc) is 2.68. The predicted octanol–water partition coefficient (Wildman–Crippen LogP) is 4.02. The number of esters is 1. The van der Waals surface area contributed by atoms with Crippen molar-refractivity contribution in [3.05, 3.63) is 62.6 Å². The lowest BCUT2D eigenvalue weighted by atomic mass is 10.2. The molecule has 28 heavy (non-hydrogen) atoms. The fraction of sp³-hybridized carbons (Fsp3) is 0.278. The number of morpholine rings is 1. The predicted molar refractivity (Wildman–Crippen MR) is 107 cm³/mol. The molecule has 0 spiro atoms. The highest BCUT2D eigenvalue weighted by Crippen LogP contribution is 2.28. The van der Waals surface area contributed by atoms with Gasteiger partial charge in [-0.1, -0.05) is 40.9 Å². The molecule has 1 heterocycles. The van der Waals surface area contributed by atoms with Crippen molar-refractivity contribution in [2.24, 2.45) is 0 Å². The van der Waals surface area contributed by atoms with Crippen LogP contribution in [0.15, 0.2) is 41.3 Å². The molecule has 150 valence electrons. The van der Waals surface area contributed by atoms with Gasteiger partial charge >= 0.3 is 5.97 Å². The number of benzene rings is 2. The van der Waals surface area contributed by atoms with Crippen molar-refractivity contribution in [2.45, 2.75) is 11.5 Å². The first-order valence-electron chi connectivity index (χ1n) is 8.28. The molecule has 0 unspecified atom stereocenters. The zero-order valence-corrected chi connectivity index (χ0v) is 17.6. The van der Waals surface area contributed by atoms with E-state index in [0.717, 1.165) is 0 Å². The molecule has 3 rings (SSSR count). The Morgan fingerprint density at radius 3 is 2.32 bits per heavy atom. The lowest BCUT2D eigenvalue weighted by molar-refractivity contribution is 0.0472. The van der Waals surface area contributed by atoms with E-state index in [0.29, 0.717) is 28.8 Å². The van der Waals surface area contributed by atoms with E-state index in [9.17, 15) is 13.2 Å². The van der Waals surface area contributed by atoms with Gasteiger partial charge in [0, 0.05) is 28.7 Å². The SMILES string of the molecule is O=C(OCc1c(Cl)cccc1Cl)c1ccc(Cl)c(S(=O)(=O)N2CCOCC2)c1. The van der Waals surface area contributed by atoms with Crippen LogP contribution in [0.2, 0.25) is 15.1 Å². The molecule has 0 atom stereocenters. The topological polar surface area (TPSA) is 72.9 Å². The van der Waals surface area contributed by atoms with E-state index in [1.165, 1.54) is 22.5 Å². The fourth-order valence-electron chi connectivity index (χ4n) is 2.65. The molecule has 6 nitrogen and oxygen atoms in total. The van der Waals surface area contributed by atoms with Crippen molar-refractivity contribution in [2.75, 3.05) is 26.3 Å². The Morgan fingerprint density at radius 1 is 1.04 bits per heavy atom. The Labute approximate surface area is 177 Å². The van der Waals surface area contributed by atoms with E-state index in [-0.39, 0.29) is 35.2 Å². The highest BCUT2D eigenvalue weighted by Gasteiger charge is 2.29. The van der Waals surface area contributed by atoms with Crippen molar-refractivity contribution < 1.29 is 22.7 Å². The molecule has 10 heteroatoms. The molecule has 1 fully saturated rings. The highest BCUT2D eigenvalue weighted by atomic mass is 35.5. The zero-order chi connectivity index (χ0) is 20.3. The van der Waals surface area contributed by atoms with E-state index >= 15 is 0 Å². The number of nitrogens with zero attached hydrogens (tertiary/aromatic N) is 1. The molecule has 1 aliphatic rings. The third-order valence-electron chi connectivity index (χ3n) is 4.16. The Morgan fingerprint density at radius 2 is 1.68 bits per heavy atom. The van der Waals surface area contributed by atoms with Crippen LogP contribution in [0.3, 0.4) is 0 Å². The molecule has 0 N–H and O–H groups in total. The van der Waals surface area contributed by atoms with Crippen LogP contribution in [0, 0.1) is 0 Å². The molecule has 0 bridgehead atoms. The fourth-order valence-corrected chi connectivity index (χ4v) is 5.06. The molecular formula is C18H16Cl3NO5S. The Balaban J connectivity index is 1.81. The second-order valence-corrected chi connectivity index (χ2v) is 9.07. The smallest absolute Gasteiger partial charge is 0.338 e. The number of halogens is 3. The van der Waals surface area contributed by atoms with Gasteiger partial charge in [0.2, 0.25) is 10.0 Å². The summed E-state index contributed by atoms with van der Waals surface area (Å²) in [5, 5.41) is 0.760. The summed E-state index contributed by atoms with van der Waals surface area (Å²) in [7, 11) is -3.86. The monoisotopic (exact) mass is 463 g/mol. The van der Waals surface area contributed by atoms with Gasteiger partial charge < -0.3 is 9.47 Å². The molecule has 2 aromatic carbocycles. The lowest BCUT2D eigenvalue weighted by Crippen LogP contribution is -2.40. The van der Waals surface area contributed by atoms with Crippen molar-refractivity contribution in [3.8, 4) is 0 Å². The molecule has 0 aromatic heterocycles. The number of ether oxygens (including phenoxy) is 2. The average molecular weight is 465 g/mol. The highest BCUT2D eigenvalue weighted by molar-refractivity contribution is 7.89. The summed E-state index contributed by atoms with van der Waals surface area (Å²) in [6.07, 6.45) is 0. The van der Waals surface area contributed by atoms with Gasteiger partial charge in [-0.3, -0.25) is 0 Å². The summed E-state index contributed by atoms with van der Waals surface area (Å²) < 4.78 is 37.4. The molecule has 1 saturated heterocycles. The van der Waals surface area contributed by atoms with Crippen molar-refractivity contribution in [3.63, 3.8) is 0 Å².